The van der Waals surface area contributed by atoms with E-state index < -0.39 is 0 Å². The molecule has 2 heteroatoms. The maximum absolute atomic E-state index is 13.9. The average molecular weight is 325 g/mol. The van der Waals surface area contributed by atoms with Crippen molar-refractivity contribution in [2.45, 2.75) is 64.7 Å². The van der Waals surface area contributed by atoms with E-state index in [1.165, 1.54) is 50.5 Å². The summed E-state index contributed by atoms with van der Waals surface area (Å²) in [6.07, 6.45) is 15.7. The van der Waals surface area contributed by atoms with Crippen LogP contribution in [0.5, 0.6) is 0 Å². The first-order valence-electron chi connectivity index (χ1n) is 9.53. The Morgan fingerprint density at radius 2 is 1.92 bits per heavy atom. The van der Waals surface area contributed by atoms with Crippen molar-refractivity contribution in [1.29, 1.82) is 5.26 Å². The minimum Gasteiger partial charge on any atom is -0.206 e. The quantitative estimate of drug-likeness (QED) is 0.626. The third-order valence-electron chi connectivity index (χ3n) is 6.21. The molecule has 128 valence electrons. The highest BCUT2D eigenvalue weighted by atomic mass is 19.1. The summed E-state index contributed by atoms with van der Waals surface area (Å²) < 4.78 is 13.9. The summed E-state index contributed by atoms with van der Waals surface area (Å²) in [6.45, 7) is 2.10. The van der Waals surface area contributed by atoms with Crippen LogP contribution in [0.2, 0.25) is 0 Å². The van der Waals surface area contributed by atoms with E-state index in [4.69, 9.17) is 5.26 Å². The zero-order valence-electron chi connectivity index (χ0n) is 14.7. The van der Waals surface area contributed by atoms with Gasteiger partial charge in [0.15, 0.2) is 0 Å². The highest BCUT2D eigenvalue weighted by Gasteiger charge is 2.30. The maximum atomic E-state index is 13.9. The summed E-state index contributed by atoms with van der Waals surface area (Å²) in [7, 11) is 0. The van der Waals surface area contributed by atoms with Gasteiger partial charge in [-0.15, -0.1) is 0 Å². The van der Waals surface area contributed by atoms with Crippen molar-refractivity contribution >= 4 is 0 Å². The normalized spacial score (nSPS) is 27.0. The molecule has 1 saturated carbocycles. The van der Waals surface area contributed by atoms with E-state index in [-0.39, 0.29) is 11.4 Å². The van der Waals surface area contributed by atoms with E-state index in [1.807, 2.05) is 6.07 Å². The van der Waals surface area contributed by atoms with Gasteiger partial charge in [0.2, 0.25) is 0 Å². The Bertz CT molecular complexity index is 632. The highest BCUT2D eigenvalue weighted by molar-refractivity contribution is 5.40. The monoisotopic (exact) mass is 325 g/mol. The Morgan fingerprint density at radius 3 is 2.62 bits per heavy atom. The molecule has 0 amide bonds. The molecule has 24 heavy (non-hydrogen) atoms. The lowest BCUT2D eigenvalue weighted by Crippen LogP contribution is -2.26. The zero-order chi connectivity index (χ0) is 16.9. The van der Waals surface area contributed by atoms with Gasteiger partial charge in [-0.05, 0) is 92.9 Å². The van der Waals surface area contributed by atoms with Crippen molar-refractivity contribution in [2.75, 3.05) is 0 Å². The number of hydrogen-bond donors (Lipinski definition) is 0. The van der Waals surface area contributed by atoms with Crippen molar-refractivity contribution in [1.82, 2.24) is 0 Å². The summed E-state index contributed by atoms with van der Waals surface area (Å²) in [4.78, 5) is 0. The van der Waals surface area contributed by atoms with Gasteiger partial charge >= 0.3 is 0 Å². The van der Waals surface area contributed by atoms with Crippen LogP contribution in [-0.2, 0) is 12.8 Å². The van der Waals surface area contributed by atoms with Gasteiger partial charge in [0.1, 0.15) is 11.9 Å². The van der Waals surface area contributed by atoms with Crippen molar-refractivity contribution < 1.29 is 4.39 Å². The van der Waals surface area contributed by atoms with Gasteiger partial charge in [-0.25, -0.2) is 4.39 Å². The second-order valence-electron chi connectivity index (χ2n) is 7.64. The molecule has 1 nitrogen and oxygen atoms in total. The predicted molar refractivity (Wildman–Crippen MR) is 96.1 cm³/mol. The number of hydrogen-bond acceptors (Lipinski definition) is 1. The molecule has 3 rings (SSSR count). The van der Waals surface area contributed by atoms with Crippen molar-refractivity contribution in [2.24, 2.45) is 17.8 Å². The van der Waals surface area contributed by atoms with E-state index in [2.05, 4.69) is 19.1 Å². The summed E-state index contributed by atoms with van der Waals surface area (Å²) >= 11 is 0. The minimum absolute atomic E-state index is 0.203. The van der Waals surface area contributed by atoms with E-state index in [0.717, 1.165) is 30.2 Å². The van der Waals surface area contributed by atoms with Crippen molar-refractivity contribution in [3.05, 3.63) is 46.8 Å². The molecule has 2 aliphatic carbocycles. The summed E-state index contributed by atoms with van der Waals surface area (Å²) in [6, 6.07) is 5.37. The Labute approximate surface area is 145 Å². The van der Waals surface area contributed by atoms with Crippen LogP contribution >= 0.6 is 0 Å². The van der Waals surface area contributed by atoms with Crippen LogP contribution in [0.3, 0.4) is 0 Å². The number of fused-ring (bicyclic) bond motifs is 1. The first-order chi connectivity index (χ1) is 11.7. The molecule has 0 N–H and O–H groups in total. The molecule has 0 aromatic heterocycles. The lowest BCUT2D eigenvalue weighted by atomic mass is 9.69. The summed E-state index contributed by atoms with van der Waals surface area (Å²) in [5.41, 5.74) is 2.55. The molecule has 1 atom stereocenters. The molecule has 1 unspecified atom stereocenters. The van der Waals surface area contributed by atoms with E-state index >= 15 is 0 Å². The van der Waals surface area contributed by atoms with Crippen LogP contribution in [0.25, 0.3) is 0 Å². The SMILES string of the molecule is C/C=C/CCC1CCC(C2CCc3cc(C#N)c(F)cc3C2)CC1. The van der Waals surface area contributed by atoms with Gasteiger partial charge in [0.05, 0.1) is 5.56 Å². The average Bonchev–Trinajstić information content (AvgIpc) is 2.61. The number of allylic oxidation sites excluding steroid dienone is 2. The topological polar surface area (TPSA) is 23.8 Å². The summed E-state index contributed by atoms with van der Waals surface area (Å²) in [5, 5.41) is 8.98. The van der Waals surface area contributed by atoms with Gasteiger partial charge < -0.3 is 0 Å². The van der Waals surface area contributed by atoms with Crippen LogP contribution < -0.4 is 0 Å². The molecule has 0 radical (unpaired) electrons. The molecule has 1 aromatic rings. The minimum atomic E-state index is -0.343. The molecule has 2 aliphatic rings. The Hall–Kier alpha value is -1.62. The number of nitriles is 1. The van der Waals surface area contributed by atoms with Crippen LogP contribution in [0, 0.1) is 34.9 Å². The van der Waals surface area contributed by atoms with Gasteiger partial charge in [-0.2, -0.15) is 5.26 Å². The smallest absolute Gasteiger partial charge is 0.141 e. The Balaban J connectivity index is 1.57. The largest absolute Gasteiger partial charge is 0.206 e. The van der Waals surface area contributed by atoms with Gasteiger partial charge in [0.25, 0.3) is 0 Å². The first kappa shape index (κ1) is 17.2. The first-order valence-corrected chi connectivity index (χ1v) is 9.53. The van der Waals surface area contributed by atoms with Crippen molar-refractivity contribution in [3.63, 3.8) is 0 Å². The van der Waals surface area contributed by atoms with E-state index in [1.54, 1.807) is 12.1 Å². The zero-order valence-corrected chi connectivity index (χ0v) is 14.7. The molecule has 0 aliphatic heterocycles. The number of benzene rings is 1. The molecule has 1 aromatic carbocycles. The van der Waals surface area contributed by atoms with Crippen molar-refractivity contribution in [3.8, 4) is 6.07 Å². The molecule has 0 spiro atoms. The molecule has 0 saturated heterocycles. The summed E-state index contributed by atoms with van der Waals surface area (Å²) in [5.74, 6) is 2.09. The molecular formula is C22H28FN. The number of nitrogens with zero attached hydrogens (tertiary/aromatic N) is 1. The van der Waals surface area contributed by atoms with Crippen LogP contribution in [0.1, 0.15) is 68.6 Å². The number of aryl methyl sites for hydroxylation is 1. The highest BCUT2D eigenvalue weighted by Crippen LogP contribution is 2.40. The fourth-order valence-corrected chi connectivity index (χ4v) is 4.74. The number of halogens is 1. The third kappa shape index (κ3) is 3.89. The second-order valence-corrected chi connectivity index (χ2v) is 7.64. The molecular weight excluding hydrogens is 297 g/mol. The van der Waals surface area contributed by atoms with E-state index in [0.29, 0.717) is 5.92 Å². The predicted octanol–water partition coefficient (Wildman–Crippen LogP) is 5.96. The Morgan fingerprint density at radius 1 is 1.12 bits per heavy atom. The van der Waals surface area contributed by atoms with Gasteiger partial charge in [-0.3, -0.25) is 0 Å². The lowest BCUT2D eigenvalue weighted by Gasteiger charge is -2.36. The fraction of sp³-hybridized carbons (Fsp3) is 0.591. The van der Waals surface area contributed by atoms with Crippen LogP contribution in [-0.4, -0.2) is 0 Å². The molecule has 0 heterocycles. The molecule has 0 bridgehead atoms. The standard InChI is InChI=1S/C22H28FN/c1-2-3-4-5-16-6-8-17(9-7-16)18-10-11-19-13-21(15-24)22(23)14-20(19)12-18/h2-3,13-14,16-18H,4-12H2,1H3/b3-2+. The molecule has 1 fully saturated rings. The van der Waals surface area contributed by atoms with Crippen LogP contribution in [0.15, 0.2) is 24.3 Å². The van der Waals surface area contributed by atoms with E-state index in [9.17, 15) is 4.39 Å². The Kier molecular flexibility index (Phi) is 5.72. The second kappa shape index (κ2) is 7.97. The lowest BCUT2D eigenvalue weighted by molar-refractivity contribution is 0.185. The van der Waals surface area contributed by atoms with Gasteiger partial charge in [0, 0.05) is 0 Å². The van der Waals surface area contributed by atoms with Crippen LogP contribution in [0.4, 0.5) is 4.39 Å². The third-order valence-corrected chi connectivity index (χ3v) is 6.21. The maximum Gasteiger partial charge on any atom is 0.141 e. The van der Waals surface area contributed by atoms with Gasteiger partial charge in [-0.1, -0.05) is 25.0 Å². The fourth-order valence-electron chi connectivity index (χ4n) is 4.74. The number of rotatable bonds is 4.